The zero-order valence-electron chi connectivity index (χ0n) is 15.7. The highest BCUT2D eigenvalue weighted by molar-refractivity contribution is 7.99. The second kappa shape index (κ2) is 8.06. The summed E-state index contributed by atoms with van der Waals surface area (Å²) in [5.74, 6) is 2.50. The third-order valence-electron chi connectivity index (χ3n) is 4.77. The van der Waals surface area contributed by atoms with E-state index in [4.69, 9.17) is 13.9 Å². The summed E-state index contributed by atoms with van der Waals surface area (Å²) in [5.41, 5.74) is 2.68. The number of ether oxygens (including phenoxy) is 2. The van der Waals surface area contributed by atoms with Gasteiger partial charge >= 0.3 is 0 Å². The van der Waals surface area contributed by atoms with Crippen LogP contribution in [0.25, 0.3) is 11.5 Å². The topological polar surface area (TPSA) is 74.5 Å². The Hall–Kier alpha value is -2.80. The van der Waals surface area contributed by atoms with Crippen LogP contribution in [0.4, 0.5) is 0 Å². The van der Waals surface area contributed by atoms with Gasteiger partial charge in [0.05, 0.1) is 5.75 Å². The van der Waals surface area contributed by atoms with Gasteiger partial charge in [0.15, 0.2) is 17.3 Å². The normalized spacial score (nSPS) is 13.5. The van der Waals surface area contributed by atoms with Gasteiger partial charge in [0.2, 0.25) is 12.7 Å². The van der Waals surface area contributed by atoms with Crippen LogP contribution in [0.2, 0.25) is 0 Å². The maximum absolute atomic E-state index is 12.4. The lowest BCUT2D eigenvalue weighted by Crippen LogP contribution is -2.03. The summed E-state index contributed by atoms with van der Waals surface area (Å²) < 4.78 is 16.3. The van der Waals surface area contributed by atoms with Gasteiger partial charge in [-0.15, -0.1) is 10.2 Å². The first kappa shape index (κ1) is 18.6. The van der Waals surface area contributed by atoms with E-state index in [2.05, 4.69) is 24.0 Å². The molecule has 0 radical (unpaired) electrons. The van der Waals surface area contributed by atoms with E-state index in [0.717, 1.165) is 12.0 Å². The summed E-state index contributed by atoms with van der Waals surface area (Å²) >= 11 is 1.23. The Balaban J connectivity index is 1.38. The average molecular weight is 396 g/mol. The summed E-state index contributed by atoms with van der Waals surface area (Å²) in [6.07, 6.45) is 1.08. The molecule has 7 heteroatoms. The van der Waals surface area contributed by atoms with Gasteiger partial charge in [0.1, 0.15) is 0 Å². The summed E-state index contributed by atoms with van der Waals surface area (Å²) in [5, 5.41) is 8.44. The smallest absolute Gasteiger partial charge is 0.277 e. The molecule has 2 aromatic carbocycles. The molecule has 2 heterocycles. The van der Waals surface area contributed by atoms with E-state index >= 15 is 0 Å². The molecule has 0 amide bonds. The van der Waals surface area contributed by atoms with Crippen LogP contribution in [-0.4, -0.2) is 28.5 Å². The number of aromatic nitrogens is 2. The molecular weight excluding hydrogens is 376 g/mol. The Labute approximate surface area is 167 Å². The highest BCUT2D eigenvalue weighted by Crippen LogP contribution is 2.36. The minimum atomic E-state index is 0.0310. The summed E-state index contributed by atoms with van der Waals surface area (Å²) in [7, 11) is 0. The van der Waals surface area contributed by atoms with Crippen molar-refractivity contribution in [2.45, 2.75) is 31.4 Å². The van der Waals surface area contributed by atoms with Crippen LogP contribution in [0, 0.1) is 0 Å². The van der Waals surface area contributed by atoms with E-state index in [1.165, 1.54) is 17.3 Å². The van der Waals surface area contributed by atoms with E-state index in [9.17, 15) is 4.79 Å². The highest BCUT2D eigenvalue weighted by atomic mass is 32.2. The predicted octanol–water partition coefficient (Wildman–Crippen LogP) is 4.95. The zero-order valence-corrected chi connectivity index (χ0v) is 16.5. The van der Waals surface area contributed by atoms with Crippen LogP contribution in [-0.2, 0) is 0 Å². The van der Waals surface area contributed by atoms with Crippen molar-refractivity contribution in [3.05, 3.63) is 53.6 Å². The molecule has 144 valence electrons. The molecule has 0 N–H and O–H groups in total. The van der Waals surface area contributed by atoms with Crippen molar-refractivity contribution in [2.24, 2.45) is 0 Å². The first-order valence-electron chi connectivity index (χ1n) is 9.13. The highest BCUT2D eigenvalue weighted by Gasteiger charge is 2.17. The van der Waals surface area contributed by atoms with E-state index in [1.807, 2.05) is 30.3 Å². The van der Waals surface area contributed by atoms with Gasteiger partial charge in [0, 0.05) is 11.1 Å². The lowest BCUT2D eigenvalue weighted by atomic mass is 9.97. The van der Waals surface area contributed by atoms with E-state index in [0.29, 0.717) is 34.1 Å². The lowest BCUT2D eigenvalue weighted by molar-refractivity contribution is 0.102. The maximum Gasteiger partial charge on any atom is 0.277 e. The van der Waals surface area contributed by atoms with Crippen LogP contribution in [0.3, 0.4) is 0 Å². The molecular formula is C21H20N2O4S. The number of ketones is 1. The van der Waals surface area contributed by atoms with Crippen molar-refractivity contribution in [1.29, 1.82) is 0 Å². The molecule has 0 saturated heterocycles. The molecule has 0 fully saturated rings. The van der Waals surface area contributed by atoms with Gasteiger partial charge in [-0.05, 0) is 36.1 Å². The van der Waals surface area contributed by atoms with Crippen LogP contribution < -0.4 is 9.47 Å². The van der Waals surface area contributed by atoms with Crippen LogP contribution in [0.1, 0.15) is 42.1 Å². The largest absolute Gasteiger partial charge is 0.454 e. The van der Waals surface area contributed by atoms with Gasteiger partial charge in [-0.1, -0.05) is 49.9 Å². The van der Waals surface area contributed by atoms with Crippen LogP contribution >= 0.6 is 11.8 Å². The Morgan fingerprint density at radius 3 is 2.68 bits per heavy atom. The molecule has 1 aliphatic heterocycles. The summed E-state index contributed by atoms with van der Waals surface area (Å²) in [6, 6.07) is 13.3. The van der Waals surface area contributed by atoms with E-state index in [1.54, 1.807) is 12.1 Å². The molecule has 0 bridgehead atoms. The molecule has 0 saturated carbocycles. The van der Waals surface area contributed by atoms with Gasteiger partial charge in [-0.3, -0.25) is 4.79 Å². The lowest BCUT2D eigenvalue weighted by Gasteiger charge is -2.09. The maximum atomic E-state index is 12.4. The molecule has 6 nitrogen and oxygen atoms in total. The Kier molecular flexibility index (Phi) is 5.34. The second-order valence-corrected chi connectivity index (χ2v) is 7.51. The fourth-order valence-electron chi connectivity index (χ4n) is 2.86. The number of carbonyl (C=O) groups is 1. The number of Topliss-reactive ketones (excluding diaryl/α,β-unsaturated/α-hetero) is 1. The first-order valence-corrected chi connectivity index (χ1v) is 10.1. The predicted molar refractivity (Wildman–Crippen MR) is 106 cm³/mol. The number of benzene rings is 2. The molecule has 4 rings (SSSR count). The third-order valence-corrected chi connectivity index (χ3v) is 5.59. The number of hydrogen-bond acceptors (Lipinski definition) is 7. The third kappa shape index (κ3) is 3.89. The van der Waals surface area contributed by atoms with Crippen molar-refractivity contribution < 1.29 is 18.7 Å². The molecule has 1 aromatic heterocycles. The average Bonchev–Trinajstić information content (AvgIpc) is 3.40. The summed E-state index contributed by atoms with van der Waals surface area (Å²) in [4.78, 5) is 12.4. The van der Waals surface area contributed by atoms with Gasteiger partial charge in [0.25, 0.3) is 5.22 Å². The Bertz CT molecular complexity index is 984. The number of hydrogen-bond donors (Lipinski definition) is 0. The number of thioether (sulfide) groups is 1. The standard InChI is InChI=1S/C21H20N2O4S/c1-3-13(2)14-4-6-15(7-5-14)17(24)11-28-21-23-22-20(27-21)16-8-9-18-19(10-16)26-12-25-18/h4-10,13H,3,11-12H2,1-2H3/t13-/m0/s1. The molecule has 3 aromatic rings. The van der Waals surface area contributed by atoms with E-state index < -0.39 is 0 Å². The quantitative estimate of drug-likeness (QED) is 0.413. The van der Waals surface area contributed by atoms with Gasteiger partial charge in [-0.2, -0.15) is 0 Å². The Morgan fingerprint density at radius 2 is 1.89 bits per heavy atom. The van der Waals surface area contributed by atoms with Crippen molar-refractivity contribution >= 4 is 17.5 Å². The number of carbonyl (C=O) groups excluding carboxylic acids is 1. The molecule has 28 heavy (non-hydrogen) atoms. The van der Waals surface area contributed by atoms with Crippen LogP contribution in [0.15, 0.2) is 52.1 Å². The molecule has 0 unspecified atom stereocenters. The van der Waals surface area contributed by atoms with Crippen LogP contribution in [0.5, 0.6) is 11.5 Å². The van der Waals surface area contributed by atoms with Gasteiger partial charge in [-0.25, -0.2) is 0 Å². The number of nitrogens with zero attached hydrogens (tertiary/aromatic N) is 2. The summed E-state index contributed by atoms with van der Waals surface area (Å²) in [6.45, 7) is 4.55. The minimum Gasteiger partial charge on any atom is -0.454 e. The second-order valence-electron chi connectivity index (χ2n) is 6.58. The first-order chi connectivity index (χ1) is 13.6. The van der Waals surface area contributed by atoms with E-state index in [-0.39, 0.29) is 18.3 Å². The van der Waals surface area contributed by atoms with Gasteiger partial charge < -0.3 is 13.9 Å². The zero-order chi connectivity index (χ0) is 19.5. The minimum absolute atomic E-state index is 0.0310. The fourth-order valence-corrected chi connectivity index (χ4v) is 3.52. The number of fused-ring (bicyclic) bond motifs is 1. The molecule has 1 atom stereocenters. The monoisotopic (exact) mass is 396 g/mol. The molecule has 0 aliphatic carbocycles. The number of rotatable bonds is 7. The van der Waals surface area contributed by atoms with Crippen molar-refractivity contribution in [3.63, 3.8) is 0 Å². The SMILES string of the molecule is CC[C@H](C)c1ccc(C(=O)CSc2nnc(-c3ccc4c(c3)OCO4)o2)cc1. The van der Waals surface area contributed by atoms with Crippen molar-refractivity contribution in [1.82, 2.24) is 10.2 Å². The fraction of sp³-hybridized carbons (Fsp3) is 0.286. The molecule has 1 aliphatic rings. The molecule has 0 spiro atoms. The Morgan fingerprint density at radius 1 is 1.11 bits per heavy atom. The van der Waals surface area contributed by atoms with Crippen molar-refractivity contribution in [3.8, 4) is 23.0 Å². The van der Waals surface area contributed by atoms with Crippen molar-refractivity contribution in [2.75, 3.05) is 12.5 Å².